The summed E-state index contributed by atoms with van der Waals surface area (Å²) in [7, 11) is 1.56. The lowest BCUT2D eigenvalue weighted by molar-refractivity contribution is -0.144. The number of nitrogens with one attached hydrogen (secondary N) is 4. The highest BCUT2D eigenvalue weighted by Gasteiger charge is 2.38. The first-order chi connectivity index (χ1) is 20.1. The highest BCUT2D eigenvalue weighted by molar-refractivity contribution is 5.98. The molecule has 5 atom stereocenters. The fourth-order valence-electron chi connectivity index (χ4n) is 5.31. The molecule has 1 fully saturated rings. The number of hydrogen-bond acceptors (Lipinski definition) is 5. The molecule has 240 valence electrons. The number of carbonyl (C=O) groups excluding carboxylic acids is 5. The van der Waals surface area contributed by atoms with Gasteiger partial charge in [-0.1, -0.05) is 85.7 Å². The van der Waals surface area contributed by atoms with Crippen LogP contribution in [0.3, 0.4) is 0 Å². The molecular formula is C33H53N5O5. The molecule has 5 amide bonds. The summed E-state index contributed by atoms with van der Waals surface area (Å²) in [4.78, 5) is 70.2. The number of likely N-dealkylation sites (N-methyl/N-ethyl adjacent to an activating group) is 1. The SMILES string of the molecule is CC(C)C[C@@H]1NC(=O)[C@H](Cc2ccccc2)NC(=O)[C@H](CC(C)C)N(C)C(=O)[C@H](C(C)C)NC(=O)[C@H](CC(C)C)NC1=O. The minimum atomic E-state index is -0.993. The van der Waals surface area contributed by atoms with Gasteiger partial charge in [-0.2, -0.15) is 0 Å². The van der Waals surface area contributed by atoms with Crippen molar-refractivity contribution in [2.75, 3.05) is 7.05 Å². The second kappa shape index (κ2) is 16.4. The van der Waals surface area contributed by atoms with Crippen LogP contribution in [-0.4, -0.2) is 71.7 Å². The molecule has 10 heteroatoms. The van der Waals surface area contributed by atoms with E-state index in [1.807, 2.05) is 85.7 Å². The number of amides is 5. The van der Waals surface area contributed by atoms with E-state index in [4.69, 9.17) is 0 Å². The topological polar surface area (TPSA) is 137 Å². The minimum absolute atomic E-state index is 0.0599. The molecule has 0 aromatic heterocycles. The van der Waals surface area contributed by atoms with Crippen LogP contribution in [0.4, 0.5) is 0 Å². The Morgan fingerprint density at radius 3 is 1.51 bits per heavy atom. The molecule has 1 aromatic rings. The lowest BCUT2D eigenvalue weighted by Gasteiger charge is -2.34. The average molecular weight is 600 g/mol. The number of rotatable bonds is 9. The number of carbonyl (C=O) groups is 5. The summed E-state index contributed by atoms with van der Waals surface area (Å²) in [5.41, 5.74) is 0.835. The number of hydrogen-bond donors (Lipinski definition) is 4. The van der Waals surface area contributed by atoms with Gasteiger partial charge in [0.15, 0.2) is 0 Å². The van der Waals surface area contributed by atoms with Crippen molar-refractivity contribution in [3.8, 4) is 0 Å². The van der Waals surface area contributed by atoms with Crippen molar-refractivity contribution in [3.63, 3.8) is 0 Å². The van der Waals surface area contributed by atoms with E-state index < -0.39 is 59.7 Å². The first-order valence-electron chi connectivity index (χ1n) is 15.6. The van der Waals surface area contributed by atoms with E-state index in [-0.39, 0.29) is 30.1 Å². The van der Waals surface area contributed by atoms with E-state index in [9.17, 15) is 24.0 Å². The molecule has 1 aromatic carbocycles. The van der Waals surface area contributed by atoms with Crippen LogP contribution in [-0.2, 0) is 30.4 Å². The standard InChI is InChI=1S/C33H53N5O5/c1-19(2)15-24-29(39)35-25(16-20(3)4)31(41)37-28(22(7)8)33(43)38(9)27(17-21(5)6)32(42)36-26(30(40)34-24)18-23-13-11-10-12-14-23/h10-14,19-22,24-28H,15-18H2,1-9H3,(H,34,40)(H,35,39)(H,36,42)(H,37,41)/t24-,25-,26-,27-,28-/m0/s1. The molecule has 0 unspecified atom stereocenters. The Hall–Kier alpha value is -3.43. The number of nitrogens with zero attached hydrogens (tertiary/aromatic N) is 1. The number of benzene rings is 1. The molecule has 1 saturated heterocycles. The predicted octanol–water partition coefficient (Wildman–Crippen LogP) is 2.80. The van der Waals surface area contributed by atoms with Crippen molar-refractivity contribution in [1.29, 1.82) is 0 Å². The highest BCUT2D eigenvalue weighted by Crippen LogP contribution is 2.17. The molecule has 0 radical (unpaired) electrons. The van der Waals surface area contributed by atoms with Gasteiger partial charge in [0, 0.05) is 13.5 Å². The highest BCUT2D eigenvalue weighted by atomic mass is 16.2. The second-order valence-corrected chi connectivity index (χ2v) is 13.5. The molecular weight excluding hydrogens is 546 g/mol. The molecule has 0 spiro atoms. The molecule has 0 aliphatic carbocycles. The smallest absolute Gasteiger partial charge is 0.245 e. The first-order valence-corrected chi connectivity index (χ1v) is 15.6. The fourth-order valence-corrected chi connectivity index (χ4v) is 5.31. The molecule has 4 N–H and O–H groups in total. The second-order valence-electron chi connectivity index (χ2n) is 13.5. The van der Waals surface area contributed by atoms with E-state index in [2.05, 4.69) is 21.3 Å². The van der Waals surface area contributed by atoms with Crippen LogP contribution in [0.2, 0.25) is 0 Å². The molecule has 2 rings (SSSR count). The van der Waals surface area contributed by atoms with Gasteiger partial charge >= 0.3 is 0 Å². The Balaban J connectivity index is 2.65. The third-order valence-electron chi connectivity index (χ3n) is 7.64. The summed E-state index contributed by atoms with van der Waals surface area (Å²) in [5.74, 6) is -2.42. The largest absolute Gasteiger partial charge is 0.343 e. The molecule has 1 aliphatic heterocycles. The van der Waals surface area contributed by atoms with Crippen LogP contribution in [0.25, 0.3) is 0 Å². The summed E-state index contributed by atoms with van der Waals surface area (Å²) in [6, 6.07) is 4.71. The Bertz CT molecular complexity index is 1100. The Kier molecular flexibility index (Phi) is 13.7. The maximum absolute atomic E-state index is 13.9. The maximum atomic E-state index is 13.9. The van der Waals surface area contributed by atoms with Gasteiger partial charge in [-0.25, -0.2) is 0 Å². The summed E-state index contributed by atoms with van der Waals surface area (Å²) in [5, 5.41) is 11.5. The molecule has 10 nitrogen and oxygen atoms in total. The summed E-state index contributed by atoms with van der Waals surface area (Å²) in [6.45, 7) is 15.4. The lowest BCUT2D eigenvalue weighted by Crippen LogP contribution is -2.59. The third kappa shape index (κ3) is 11.0. The van der Waals surface area contributed by atoms with E-state index in [0.717, 1.165) is 5.56 Å². The van der Waals surface area contributed by atoms with Crippen LogP contribution < -0.4 is 21.3 Å². The Labute approximate surface area is 257 Å². The maximum Gasteiger partial charge on any atom is 0.245 e. The molecule has 1 aliphatic rings. The van der Waals surface area contributed by atoms with Gasteiger partial charge in [-0.3, -0.25) is 24.0 Å². The summed E-state index contributed by atoms with van der Waals surface area (Å²) in [6.07, 6.45) is 1.25. The van der Waals surface area contributed by atoms with Gasteiger partial charge in [-0.05, 0) is 48.5 Å². The summed E-state index contributed by atoms with van der Waals surface area (Å²) < 4.78 is 0. The average Bonchev–Trinajstić information content (AvgIpc) is 2.91. The van der Waals surface area contributed by atoms with Crippen LogP contribution >= 0.6 is 0 Å². The van der Waals surface area contributed by atoms with Crippen LogP contribution in [0, 0.1) is 23.7 Å². The van der Waals surface area contributed by atoms with Gasteiger partial charge in [-0.15, -0.1) is 0 Å². The normalized spacial score (nSPS) is 24.9. The van der Waals surface area contributed by atoms with Crippen molar-refractivity contribution in [2.45, 2.75) is 111 Å². The molecule has 43 heavy (non-hydrogen) atoms. The van der Waals surface area contributed by atoms with E-state index in [0.29, 0.717) is 19.3 Å². The van der Waals surface area contributed by atoms with Crippen molar-refractivity contribution in [1.82, 2.24) is 26.2 Å². The van der Waals surface area contributed by atoms with Crippen LogP contribution in [0.1, 0.15) is 80.2 Å². The zero-order chi connectivity index (χ0) is 32.4. The quantitative estimate of drug-likeness (QED) is 0.346. The van der Waals surface area contributed by atoms with E-state index >= 15 is 0 Å². The van der Waals surface area contributed by atoms with Crippen molar-refractivity contribution >= 4 is 29.5 Å². The van der Waals surface area contributed by atoms with Crippen molar-refractivity contribution in [2.24, 2.45) is 23.7 Å². The van der Waals surface area contributed by atoms with Crippen LogP contribution in [0.5, 0.6) is 0 Å². The first kappa shape index (κ1) is 35.8. The van der Waals surface area contributed by atoms with Gasteiger partial charge in [0.1, 0.15) is 30.2 Å². The zero-order valence-corrected chi connectivity index (χ0v) is 27.4. The minimum Gasteiger partial charge on any atom is -0.343 e. The van der Waals surface area contributed by atoms with Gasteiger partial charge in [0.05, 0.1) is 0 Å². The molecule has 0 saturated carbocycles. The van der Waals surface area contributed by atoms with Crippen molar-refractivity contribution < 1.29 is 24.0 Å². The predicted molar refractivity (Wildman–Crippen MR) is 168 cm³/mol. The van der Waals surface area contributed by atoms with Gasteiger partial charge < -0.3 is 26.2 Å². The lowest BCUT2D eigenvalue weighted by atomic mass is 9.97. The van der Waals surface area contributed by atoms with E-state index in [1.165, 1.54) is 4.90 Å². The van der Waals surface area contributed by atoms with E-state index in [1.54, 1.807) is 7.05 Å². The van der Waals surface area contributed by atoms with Gasteiger partial charge in [0.2, 0.25) is 29.5 Å². The monoisotopic (exact) mass is 599 g/mol. The Morgan fingerprint density at radius 1 is 0.605 bits per heavy atom. The molecule has 1 heterocycles. The zero-order valence-electron chi connectivity index (χ0n) is 27.4. The Morgan fingerprint density at radius 2 is 1.05 bits per heavy atom. The third-order valence-corrected chi connectivity index (χ3v) is 7.64. The van der Waals surface area contributed by atoms with Crippen molar-refractivity contribution in [3.05, 3.63) is 35.9 Å². The summed E-state index contributed by atoms with van der Waals surface area (Å²) >= 11 is 0. The van der Waals surface area contributed by atoms with Gasteiger partial charge in [0.25, 0.3) is 0 Å². The molecule has 0 bridgehead atoms. The fraction of sp³-hybridized carbons (Fsp3) is 0.667. The van der Waals surface area contributed by atoms with Crippen LogP contribution in [0.15, 0.2) is 30.3 Å².